The van der Waals surface area contributed by atoms with Crippen molar-refractivity contribution < 1.29 is 9.90 Å². The van der Waals surface area contributed by atoms with Crippen LogP contribution in [0.25, 0.3) is 0 Å². The summed E-state index contributed by atoms with van der Waals surface area (Å²) in [5.41, 5.74) is 2.45. The number of piperazine rings is 1. The fraction of sp³-hybridized carbons (Fsp3) is 0.375. The van der Waals surface area contributed by atoms with Gasteiger partial charge in [0.1, 0.15) is 6.04 Å². The molecule has 0 bridgehead atoms. The predicted octanol–water partition coefficient (Wildman–Crippen LogP) is 0.790. The van der Waals surface area contributed by atoms with Gasteiger partial charge in [0.25, 0.3) is 0 Å². The number of aromatic nitrogens is 2. The minimum absolute atomic E-state index is 0.480. The Balaban J connectivity index is 1.70. The Hall–Kier alpha value is -2.18. The highest BCUT2D eigenvalue weighted by atomic mass is 16.4. The summed E-state index contributed by atoms with van der Waals surface area (Å²) in [6, 6.07) is 9.70. The number of nitrogens with one attached hydrogen (secondary N) is 1. The van der Waals surface area contributed by atoms with Gasteiger partial charge in [-0.15, -0.1) is 0 Å². The first-order valence-corrected chi connectivity index (χ1v) is 7.45. The van der Waals surface area contributed by atoms with Crippen molar-refractivity contribution in [1.29, 1.82) is 0 Å². The Morgan fingerprint density at radius 2 is 2.05 bits per heavy atom. The molecular formula is C16H20N4O2. The average Bonchev–Trinajstić information content (AvgIpc) is 3.02. The van der Waals surface area contributed by atoms with Crippen LogP contribution < -0.4 is 5.32 Å². The zero-order chi connectivity index (χ0) is 15.4. The van der Waals surface area contributed by atoms with E-state index in [0.29, 0.717) is 13.1 Å². The first kappa shape index (κ1) is 14.7. The molecule has 0 saturated carbocycles. The number of aliphatic carboxylic acids is 1. The third kappa shape index (κ3) is 3.52. The second-order valence-corrected chi connectivity index (χ2v) is 5.55. The zero-order valence-electron chi connectivity index (χ0n) is 12.4. The molecule has 3 rings (SSSR count). The van der Waals surface area contributed by atoms with Crippen LogP contribution in [0.1, 0.15) is 11.1 Å². The van der Waals surface area contributed by atoms with Gasteiger partial charge in [0, 0.05) is 38.6 Å². The van der Waals surface area contributed by atoms with Gasteiger partial charge < -0.3 is 10.4 Å². The highest BCUT2D eigenvalue weighted by Crippen LogP contribution is 2.14. The number of carbonyl (C=O) groups is 1. The Morgan fingerprint density at radius 3 is 2.73 bits per heavy atom. The van der Waals surface area contributed by atoms with E-state index in [0.717, 1.165) is 19.6 Å². The van der Waals surface area contributed by atoms with Crippen molar-refractivity contribution in [1.82, 2.24) is 20.0 Å². The number of rotatable bonds is 5. The Morgan fingerprint density at radius 1 is 1.27 bits per heavy atom. The molecule has 0 radical (unpaired) electrons. The van der Waals surface area contributed by atoms with E-state index in [9.17, 15) is 4.79 Å². The van der Waals surface area contributed by atoms with E-state index >= 15 is 0 Å². The molecule has 1 atom stereocenters. The quantitative estimate of drug-likeness (QED) is 0.854. The summed E-state index contributed by atoms with van der Waals surface area (Å²) in [6.45, 7) is 3.60. The van der Waals surface area contributed by atoms with Gasteiger partial charge >= 0.3 is 5.97 Å². The lowest BCUT2D eigenvalue weighted by atomic mass is 10.1. The summed E-state index contributed by atoms with van der Waals surface area (Å²) in [5.74, 6) is -0.783. The molecule has 1 saturated heterocycles. The van der Waals surface area contributed by atoms with Crippen molar-refractivity contribution in [3.05, 3.63) is 53.9 Å². The van der Waals surface area contributed by atoms with Gasteiger partial charge in [-0.25, -0.2) is 0 Å². The van der Waals surface area contributed by atoms with Crippen molar-refractivity contribution >= 4 is 5.97 Å². The number of nitrogens with zero attached hydrogens (tertiary/aromatic N) is 3. The number of benzene rings is 1. The van der Waals surface area contributed by atoms with Crippen molar-refractivity contribution in [2.24, 2.45) is 0 Å². The zero-order valence-corrected chi connectivity index (χ0v) is 12.4. The summed E-state index contributed by atoms with van der Waals surface area (Å²) in [7, 11) is 0. The molecular weight excluding hydrogens is 280 g/mol. The minimum atomic E-state index is -0.783. The summed E-state index contributed by atoms with van der Waals surface area (Å²) in [5, 5.41) is 16.4. The SMILES string of the molecule is O=C(O)C1CN(Cc2ccccc2Cn2cccn2)CCN1. The lowest BCUT2D eigenvalue weighted by Gasteiger charge is -2.32. The molecule has 2 heterocycles. The van der Waals surface area contributed by atoms with Crippen LogP contribution in [0, 0.1) is 0 Å². The summed E-state index contributed by atoms with van der Waals surface area (Å²) < 4.78 is 1.90. The van der Waals surface area contributed by atoms with E-state index in [2.05, 4.69) is 27.4 Å². The second kappa shape index (κ2) is 6.72. The monoisotopic (exact) mass is 300 g/mol. The van der Waals surface area contributed by atoms with Crippen LogP contribution in [0.15, 0.2) is 42.7 Å². The van der Waals surface area contributed by atoms with Gasteiger partial charge in [-0.1, -0.05) is 24.3 Å². The van der Waals surface area contributed by atoms with Gasteiger partial charge in [-0.05, 0) is 17.2 Å². The molecule has 1 aromatic heterocycles. The molecule has 0 aliphatic carbocycles. The van der Waals surface area contributed by atoms with E-state index in [-0.39, 0.29) is 0 Å². The highest BCUT2D eigenvalue weighted by Gasteiger charge is 2.24. The Kier molecular flexibility index (Phi) is 4.50. The second-order valence-electron chi connectivity index (χ2n) is 5.55. The average molecular weight is 300 g/mol. The molecule has 1 aliphatic rings. The smallest absolute Gasteiger partial charge is 0.322 e. The topological polar surface area (TPSA) is 70.4 Å². The third-order valence-electron chi connectivity index (χ3n) is 3.96. The molecule has 2 aromatic rings. The van der Waals surface area contributed by atoms with E-state index in [1.54, 1.807) is 6.20 Å². The van der Waals surface area contributed by atoms with Crippen LogP contribution in [0.4, 0.5) is 0 Å². The standard InChI is InChI=1S/C16H20N4O2/c21-16(22)15-12-19(9-7-17-15)10-13-4-1-2-5-14(13)11-20-8-3-6-18-20/h1-6,8,15,17H,7,9-12H2,(H,21,22). The molecule has 1 aromatic carbocycles. The van der Waals surface area contributed by atoms with Crippen molar-refractivity contribution in [3.63, 3.8) is 0 Å². The maximum absolute atomic E-state index is 11.1. The number of carboxylic acid groups (broad SMARTS) is 1. The molecule has 2 N–H and O–H groups in total. The number of carboxylic acids is 1. The van der Waals surface area contributed by atoms with Crippen LogP contribution in [0.3, 0.4) is 0 Å². The maximum atomic E-state index is 11.1. The molecule has 1 fully saturated rings. The van der Waals surface area contributed by atoms with E-state index in [1.165, 1.54) is 11.1 Å². The molecule has 6 heteroatoms. The highest BCUT2D eigenvalue weighted by molar-refractivity contribution is 5.73. The van der Waals surface area contributed by atoms with Crippen LogP contribution in [-0.4, -0.2) is 51.4 Å². The fourth-order valence-electron chi connectivity index (χ4n) is 2.80. The van der Waals surface area contributed by atoms with Crippen molar-refractivity contribution in [2.45, 2.75) is 19.1 Å². The van der Waals surface area contributed by atoms with Crippen LogP contribution in [0.2, 0.25) is 0 Å². The summed E-state index contributed by atoms with van der Waals surface area (Å²) >= 11 is 0. The first-order valence-electron chi connectivity index (χ1n) is 7.45. The summed E-state index contributed by atoms with van der Waals surface area (Å²) in [4.78, 5) is 13.3. The molecule has 116 valence electrons. The van der Waals surface area contributed by atoms with Gasteiger partial charge in [-0.3, -0.25) is 14.4 Å². The third-order valence-corrected chi connectivity index (χ3v) is 3.96. The molecule has 1 unspecified atom stereocenters. The van der Waals surface area contributed by atoms with Gasteiger partial charge in [0.05, 0.1) is 6.54 Å². The molecule has 6 nitrogen and oxygen atoms in total. The molecule has 0 spiro atoms. The van der Waals surface area contributed by atoms with Gasteiger partial charge in [-0.2, -0.15) is 5.10 Å². The largest absolute Gasteiger partial charge is 0.480 e. The van der Waals surface area contributed by atoms with E-state index < -0.39 is 12.0 Å². The van der Waals surface area contributed by atoms with Gasteiger partial charge in [0.15, 0.2) is 0 Å². The lowest BCUT2D eigenvalue weighted by molar-refractivity contribution is -0.140. The number of hydrogen-bond donors (Lipinski definition) is 2. The van der Waals surface area contributed by atoms with E-state index in [1.807, 2.05) is 29.1 Å². The normalized spacial score (nSPS) is 19.2. The van der Waals surface area contributed by atoms with E-state index in [4.69, 9.17) is 5.11 Å². The van der Waals surface area contributed by atoms with Crippen molar-refractivity contribution in [3.8, 4) is 0 Å². The maximum Gasteiger partial charge on any atom is 0.322 e. The first-order chi connectivity index (χ1) is 10.7. The van der Waals surface area contributed by atoms with Crippen molar-refractivity contribution in [2.75, 3.05) is 19.6 Å². The van der Waals surface area contributed by atoms with Crippen LogP contribution >= 0.6 is 0 Å². The fourth-order valence-corrected chi connectivity index (χ4v) is 2.80. The lowest BCUT2D eigenvalue weighted by Crippen LogP contribution is -2.53. The molecule has 1 aliphatic heterocycles. The van der Waals surface area contributed by atoms with Crippen LogP contribution in [0.5, 0.6) is 0 Å². The molecule has 22 heavy (non-hydrogen) atoms. The Bertz CT molecular complexity index is 627. The summed E-state index contributed by atoms with van der Waals surface area (Å²) in [6.07, 6.45) is 3.72. The Labute approximate surface area is 129 Å². The van der Waals surface area contributed by atoms with Gasteiger partial charge in [0.2, 0.25) is 0 Å². The minimum Gasteiger partial charge on any atom is -0.480 e. The molecule has 0 amide bonds. The predicted molar refractivity (Wildman–Crippen MR) is 82.5 cm³/mol. The van der Waals surface area contributed by atoms with Crippen LogP contribution in [-0.2, 0) is 17.9 Å². The number of hydrogen-bond acceptors (Lipinski definition) is 4.